The van der Waals surface area contributed by atoms with Crippen LogP contribution in [0.3, 0.4) is 0 Å². The Morgan fingerprint density at radius 1 is 1.53 bits per heavy atom. The molecular weight excluding hydrogens is 188 g/mol. The summed E-state index contributed by atoms with van der Waals surface area (Å²) in [4.78, 5) is 14.5. The molecule has 1 aliphatic heterocycles. The number of hydrogen-bond acceptors (Lipinski definition) is 2. The molecule has 1 aliphatic carbocycles. The molecule has 1 N–H and O–H groups in total. The predicted molar refractivity (Wildman–Crippen MR) is 60.6 cm³/mol. The number of piperazine rings is 1. The maximum Gasteiger partial charge on any atom is 0.228 e. The molecule has 1 saturated carbocycles. The Hall–Kier alpha value is -0.570. The standard InChI is InChI=1S/C12H22N2O/c1-3-12(5-4-6-12)11(15)14-8-7-13-10(2)9-14/h10,13H,3-9H2,1-2H3/t10-/m0/s1. The van der Waals surface area contributed by atoms with Crippen LogP contribution < -0.4 is 5.32 Å². The maximum absolute atomic E-state index is 12.4. The van der Waals surface area contributed by atoms with Crippen molar-refractivity contribution in [3.8, 4) is 0 Å². The third kappa shape index (κ3) is 1.89. The number of carbonyl (C=O) groups excluding carboxylic acids is 1. The maximum atomic E-state index is 12.4. The van der Waals surface area contributed by atoms with E-state index in [1.165, 1.54) is 6.42 Å². The summed E-state index contributed by atoms with van der Waals surface area (Å²) in [5.74, 6) is 0.421. The molecule has 86 valence electrons. The number of carbonyl (C=O) groups is 1. The molecule has 0 spiro atoms. The minimum atomic E-state index is 0.0249. The average Bonchev–Trinajstić information content (AvgIpc) is 2.17. The average molecular weight is 210 g/mol. The van der Waals surface area contributed by atoms with Gasteiger partial charge in [0.25, 0.3) is 0 Å². The van der Waals surface area contributed by atoms with E-state index >= 15 is 0 Å². The lowest BCUT2D eigenvalue weighted by atomic mass is 9.66. The minimum absolute atomic E-state index is 0.0249. The van der Waals surface area contributed by atoms with E-state index in [1.807, 2.05) is 0 Å². The Bertz CT molecular complexity index is 242. The lowest BCUT2D eigenvalue weighted by molar-refractivity contribution is -0.149. The summed E-state index contributed by atoms with van der Waals surface area (Å²) in [7, 11) is 0. The molecular formula is C12H22N2O. The first-order chi connectivity index (χ1) is 7.18. The molecule has 3 heteroatoms. The molecule has 2 rings (SSSR count). The van der Waals surface area contributed by atoms with Gasteiger partial charge in [-0.05, 0) is 26.2 Å². The summed E-state index contributed by atoms with van der Waals surface area (Å²) in [5.41, 5.74) is 0.0249. The summed E-state index contributed by atoms with van der Waals surface area (Å²) >= 11 is 0. The van der Waals surface area contributed by atoms with Crippen molar-refractivity contribution in [2.24, 2.45) is 5.41 Å². The van der Waals surface area contributed by atoms with Crippen LogP contribution in [-0.4, -0.2) is 36.5 Å². The van der Waals surface area contributed by atoms with Gasteiger partial charge in [-0.2, -0.15) is 0 Å². The number of hydrogen-bond donors (Lipinski definition) is 1. The van der Waals surface area contributed by atoms with Crippen LogP contribution in [0.1, 0.15) is 39.5 Å². The molecule has 3 nitrogen and oxygen atoms in total. The lowest BCUT2D eigenvalue weighted by Crippen LogP contribution is -2.56. The van der Waals surface area contributed by atoms with Gasteiger partial charge in [-0.25, -0.2) is 0 Å². The summed E-state index contributed by atoms with van der Waals surface area (Å²) in [6.07, 6.45) is 4.48. The van der Waals surface area contributed by atoms with E-state index < -0.39 is 0 Å². The van der Waals surface area contributed by atoms with E-state index in [2.05, 4.69) is 24.1 Å². The molecule has 0 bridgehead atoms. The molecule has 1 saturated heterocycles. The van der Waals surface area contributed by atoms with Crippen LogP contribution in [0, 0.1) is 5.41 Å². The fraction of sp³-hybridized carbons (Fsp3) is 0.917. The Kier molecular flexibility index (Phi) is 3.01. The fourth-order valence-corrected chi connectivity index (χ4v) is 2.77. The van der Waals surface area contributed by atoms with Crippen molar-refractivity contribution in [2.45, 2.75) is 45.6 Å². The van der Waals surface area contributed by atoms with Crippen LogP contribution in [-0.2, 0) is 4.79 Å². The fourth-order valence-electron chi connectivity index (χ4n) is 2.77. The smallest absolute Gasteiger partial charge is 0.228 e. The predicted octanol–water partition coefficient (Wildman–Crippen LogP) is 1.39. The highest BCUT2D eigenvalue weighted by Crippen LogP contribution is 2.45. The van der Waals surface area contributed by atoms with Gasteiger partial charge in [0.05, 0.1) is 0 Å². The van der Waals surface area contributed by atoms with Gasteiger partial charge in [0.15, 0.2) is 0 Å². The van der Waals surface area contributed by atoms with E-state index in [0.717, 1.165) is 38.9 Å². The van der Waals surface area contributed by atoms with Crippen molar-refractivity contribution in [3.63, 3.8) is 0 Å². The quantitative estimate of drug-likeness (QED) is 0.747. The van der Waals surface area contributed by atoms with Crippen LogP contribution in [0.2, 0.25) is 0 Å². The molecule has 1 atom stereocenters. The van der Waals surface area contributed by atoms with Crippen molar-refractivity contribution in [3.05, 3.63) is 0 Å². The zero-order valence-corrected chi connectivity index (χ0v) is 9.88. The van der Waals surface area contributed by atoms with Crippen LogP contribution in [0.25, 0.3) is 0 Å². The largest absolute Gasteiger partial charge is 0.339 e. The van der Waals surface area contributed by atoms with Crippen LogP contribution in [0.4, 0.5) is 0 Å². The molecule has 0 aromatic rings. The zero-order valence-electron chi connectivity index (χ0n) is 9.88. The highest BCUT2D eigenvalue weighted by molar-refractivity contribution is 5.83. The van der Waals surface area contributed by atoms with Gasteiger partial charge >= 0.3 is 0 Å². The van der Waals surface area contributed by atoms with Gasteiger partial charge < -0.3 is 10.2 Å². The second kappa shape index (κ2) is 4.12. The van der Waals surface area contributed by atoms with Crippen molar-refractivity contribution in [1.29, 1.82) is 0 Å². The van der Waals surface area contributed by atoms with E-state index in [9.17, 15) is 4.79 Å². The molecule has 15 heavy (non-hydrogen) atoms. The second-order valence-corrected chi connectivity index (χ2v) is 5.09. The SMILES string of the molecule is CCC1(C(=O)N2CCN[C@@H](C)C2)CCC1. The first-order valence-corrected chi connectivity index (χ1v) is 6.21. The van der Waals surface area contributed by atoms with Gasteiger partial charge in [-0.1, -0.05) is 13.3 Å². The summed E-state index contributed by atoms with van der Waals surface area (Å²) < 4.78 is 0. The molecule has 0 radical (unpaired) electrons. The number of nitrogens with zero attached hydrogens (tertiary/aromatic N) is 1. The van der Waals surface area contributed by atoms with E-state index in [4.69, 9.17) is 0 Å². The Balaban J connectivity index is 2.00. The van der Waals surface area contributed by atoms with Crippen LogP contribution in [0.15, 0.2) is 0 Å². The van der Waals surface area contributed by atoms with Gasteiger partial charge in [0.1, 0.15) is 0 Å². The summed E-state index contributed by atoms with van der Waals surface area (Å²) in [6, 6.07) is 0.455. The molecule has 1 heterocycles. The number of nitrogens with one attached hydrogen (secondary N) is 1. The third-order valence-corrected chi connectivity index (χ3v) is 4.10. The van der Waals surface area contributed by atoms with Gasteiger partial charge in [-0.15, -0.1) is 0 Å². The van der Waals surface area contributed by atoms with Crippen LogP contribution in [0.5, 0.6) is 0 Å². The Labute approximate surface area is 92.2 Å². The van der Waals surface area contributed by atoms with E-state index in [-0.39, 0.29) is 5.41 Å². The molecule has 0 aromatic heterocycles. The Morgan fingerprint density at radius 3 is 2.73 bits per heavy atom. The van der Waals surface area contributed by atoms with E-state index in [0.29, 0.717) is 11.9 Å². The molecule has 1 amide bonds. The van der Waals surface area contributed by atoms with E-state index in [1.54, 1.807) is 0 Å². The summed E-state index contributed by atoms with van der Waals surface area (Å²) in [5, 5.41) is 3.38. The summed E-state index contributed by atoms with van der Waals surface area (Å²) in [6.45, 7) is 7.04. The number of rotatable bonds is 2. The van der Waals surface area contributed by atoms with Gasteiger partial charge in [0.2, 0.25) is 5.91 Å². The van der Waals surface area contributed by atoms with Crippen molar-refractivity contribution in [2.75, 3.05) is 19.6 Å². The first kappa shape index (κ1) is 10.9. The molecule has 2 aliphatic rings. The molecule has 0 aromatic carbocycles. The lowest BCUT2D eigenvalue weighted by Gasteiger charge is -2.45. The third-order valence-electron chi connectivity index (χ3n) is 4.10. The van der Waals surface area contributed by atoms with Gasteiger partial charge in [-0.3, -0.25) is 4.79 Å². The Morgan fingerprint density at radius 2 is 2.27 bits per heavy atom. The van der Waals surface area contributed by atoms with Crippen LogP contribution >= 0.6 is 0 Å². The highest BCUT2D eigenvalue weighted by Gasteiger charge is 2.44. The second-order valence-electron chi connectivity index (χ2n) is 5.09. The van der Waals surface area contributed by atoms with Gasteiger partial charge in [0, 0.05) is 31.1 Å². The molecule has 0 unspecified atom stereocenters. The minimum Gasteiger partial charge on any atom is -0.339 e. The zero-order chi connectivity index (χ0) is 10.9. The number of amides is 1. The topological polar surface area (TPSA) is 32.3 Å². The molecule has 2 fully saturated rings. The van der Waals surface area contributed by atoms with Crippen molar-refractivity contribution >= 4 is 5.91 Å². The van der Waals surface area contributed by atoms with Crippen molar-refractivity contribution in [1.82, 2.24) is 10.2 Å². The normalized spacial score (nSPS) is 29.7. The van der Waals surface area contributed by atoms with Crippen molar-refractivity contribution < 1.29 is 4.79 Å². The highest BCUT2D eigenvalue weighted by atomic mass is 16.2. The first-order valence-electron chi connectivity index (χ1n) is 6.21. The monoisotopic (exact) mass is 210 g/mol.